The summed E-state index contributed by atoms with van der Waals surface area (Å²) < 4.78 is 18.9. The second-order valence-electron chi connectivity index (χ2n) is 7.43. The van der Waals surface area contributed by atoms with Crippen LogP contribution in [0.15, 0.2) is 66.7 Å². The Kier molecular flexibility index (Phi) is 5.13. The largest absolute Gasteiger partial charge is 0.488 e. The van der Waals surface area contributed by atoms with Crippen LogP contribution in [0.2, 0.25) is 0 Å². The highest BCUT2D eigenvalue weighted by Gasteiger charge is 2.49. The van der Waals surface area contributed by atoms with Crippen molar-refractivity contribution in [3.8, 4) is 5.75 Å². The van der Waals surface area contributed by atoms with Crippen molar-refractivity contribution in [3.05, 3.63) is 78.1 Å². The van der Waals surface area contributed by atoms with Crippen LogP contribution >= 0.6 is 0 Å². The van der Waals surface area contributed by atoms with Gasteiger partial charge in [-0.15, -0.1) is 0 Å². The van der Waals surface area contributed by atoms with Crippen molar-refractivity contribution in [1.29, 1.82) is 0 Å². The molecular weight excluding hydrogens is 387 g/mol. The minimum atomic E-state index is -1.24. The van der Waals surface area contributed by atoms with Crippen LogP contribution in [0.25, 0.3) is 10.8 Å². The molecule has 0 bridgehead atoms. The van der Waals surface area contributed by atoms with Crippen LogP contribution < -0.4 is 10.1 Å². The molecule has 1 heterocycles. The van der Waals surface area contributed by atoms with Crippen LogP contribution in [-0.4, -0.2) is 41.2 Å². The number of fused-ring (bicyclic) bond motifs is 1. The first-order chi connectivity index (χ1) is 14.4. The fourth-order valence-electron chi connectivity index (χ4n) is 3.57. The molecule has 0 saturated carbocycles. The number of halogens is 1. The SMILES string of the molecule is C[C@]1(c2ccc3ccccc3c2)NC(=O)N(C[C@H](O)COc2ccccc2F)C1=O. The quantitative estimate of drug-likeness (QED) is 0.614. The molecule has 1 aliphatic rings. The number of hydrogen-bond acceptors (Lipinski definition) is 4. The molecule has 0 aliphatic carbocycles. The number of carbonyl (C=O) groups excluding carboxylic acids is 2. The Hall–Kier alpha value is -3.45. The molecule has 0 unspecified atom stereocenters. The zero-order valence-corrected chi connectivity index (χ0v) is 16.3. The Balaban J connectivity index is 1.48. The fraction of sp³-hybridized carbons (Fsp3) is 0.217. The maximum Gasteiger partial charge on any atom is 0.325 e. The average Bonchev–Trinajstić information content (AvgIpc) is 2.96. The van der Waals surface area contributed by atoms with Gasteiger partial charge in [0.25, 0.3) is 5.91 Å². The van der Waals surface area contributed by atoms with Gasteiger partial charge in [-0.3, -0.25) is 9.69 Å². The molecule has 3 aromatic rings. The minimum Gasteiger partial charge on any atom is -0.488 e. The highest BCUT2D eigenvalue weighted by atomic mass is 19.1. The highest BCUT2D eigenvalue weighted by Crippen LogP contribution is 2.31. The van der Waals surface area contributed by atoms with Crippen LogP contribution in [0.1, 0.15) is 12.5 Å². The molecule has 154 valence electrons. The zero-order valence-electron chi connectivity index (χ0n) is 16.3. The van der Waals surface area contributed by atoms with Crippen molar-refractivity contribution in [3.63, 3.8) is 0 Å². The summed E-state index contributed by atoms with van der Waals surface area (Å²) in [6.45, 7) is 1.12. The number of nitrogens with zero attached hydrogens (tertiary/aromatic N) is 1. The first kappa shape index (κ1) is 19.8. The summed E-state index contributed by atoms with van der Waals surface area (Å²) in [5, 5.41) is 15.0. The van der Waals surface area contributed by atoms with Crippen molar-refractivity contribution >= 4 is 22.7 Å². The molecule has 1 saturated heterocycles. The number of para-hydroxylation sites is 1. The average molecular weight is 408 g/mol. The van der Waals surface area contributed by atoms with Crippen LogP contribution in [0.4, 0.5) is 9.18 Å². The second-order valence-corrected chi connectivity index (χ2v) is 7.43. The van der Waals surface area contributed by atoms with E-state index in [4.69, 9.17) is 4.74 Å². The number of aliphatic hydroxyl groups is 1. The van der Waals surface area contributed by atoms with Crippen molar-refractivity contribution in [2.24, 2.45) is 0 Å². The third-order valence-corrected chi connectivity index (χ3v) is 5.26. The Morgan fingerprint density at radius 1 is 1.07 bits per heavy atom. The van der Waals surface area contributed by atoms with E-state index in [0.29, 0.717) is 5.56 Å². The zero-order chi connectivity index (χ0) is 21.3. The summed E-state index contributed by atoms with van der Waals surface area (Å²) in [7, 11) is 0. The van der Waals surface area contributed by atoms with E-state index in [2.05, 4.69) is 5.32 Å². The lowest BCUT2D eigenvalue weighted by Crippen LogP contribution is -2.42. The summed E-state index contributed by atoms with van der Waals surface area (Å²) in [5.41, 5.74) is -0.591. The van der Waals surface area contributed by atoms with Crippen LogP contribution in [0, 0.1) is 5.82 Å². The van der Waals surface area contributed by atoms with Crippen LogP contribution in [0.5, 0.6) is 5.75 Å². The number of benzene rings is 3. The molecule has 0 aromatic heterocycles. The summed E-state index contributed by atoms with van der Waals surface area (Å²) >= 11 is 0. The summed E-state index contributed by atoms with van der Waals surface area (Å²) in [6.07, 6.45) is -1.17. The number of carbonyl (C=O) groups is 2. The van der Waals surface area contributed by atoms with Gasteiger partial charge in [0, 0.05) is 0 Å². The van der Waals surface area contributed by atoms with E-state index < -0.39 is 29.4 Å². The minimum absolute atomic E-state index is 0.00486. The first-order valence-corrected chi connectivity index (χ1v) is 9.57. The van der Waals surface area contributed by atoms with Crippen molar-refractivity contribution in [2.75, 3.05) is 13.2 Å². The second kappa shape index (κ2) is 7.76. The lowest BCUT2D eigenvalue weighted by Gasteiger charge is -2.23. The maximum atomic E-state index is 13.6. The van der Waals surface area contributed by atoms with E-state index in [1.165, 1.54) is 18.2 Å². The van der Waals surface area contributed by atoms with Crippen LogP contribution in [-0.2, 0) is 10.3 Å². The number of hydrogen-bond donors (Lipinski definition) is 2. The van der Waals surface area contributed by atoms with Gasteiger partial charge < -0.3 is 15.2 Å². The van der Waals surface area contributed by atoms with Gasteiger partial charge in [0.2, 0.25) is 0 Å². The van der Waals surface area contributed by atoms with Gasteiger partial charge >= 0.3 is 6.03 Å². The molecule has 4 rings (SSSR count). The summed E-state index contributed by atoms with van der Waals surface area (Å²) in [6, 6.07) is 18.5. The molecule has 1 aliphatic heterocycles. The van der Waals surface area contributed by atoms with Gasteiger partial charge in [0.15, 0.2) is 11.6 Å². The van der Waals surface area contributed by atoms with Gasteiger partial charge in [-0.2, -0.15) is 0 Å². The number of aliphatic hydroxyl groups excluding tert-OH is 1. The maximum absolute atomic E-state index is 13.6. The topological polar surface area (TPSA) is 78.9 Å². The van der Waals surface area contributed by atoms with Crippen LogP contribution in [0.3, 0.4) is 0 Å². The van der Waals surface area contributed by atoms with E-state index >= 15 is 0 Å². The molecule has 7 heteroatoms. The van der Waals surface area contributed by atoms with E-state index in [1.54, 1.807) is 13.0 Å². The molecule has 0 radical (unpaired) electrons. The lowest BCUT2D eigenvalue weighted by molar-refractivity contribution is -0.132. The number of ether oxygens (including phenoxy) is 1. The lowest BCUT2D eigenvalue weighted by atomic mass is 9.90. The standard InChI is InChI=1S/C23H21FN2O4/c1-23(17-11-10-15-6-2-3-7-16(15)12-17)21(28)26(22(29)25-23)13-18(27)14-30-20-9-5-4-8-19(20)24/h2-12,18,27H,13-14H2,1H3,(H,25,29)/t18-,23+/m0/s1. The monoisotopic (exact) mass is 408 g/mol. The van der Waals surface area contributed by atoms with Gasteiger partial charge in [0.1, 0.15) is 18.2 Å². The first-order valence-electron chi connectivity index (χ1n) is 9.57. The Bertz CT molecular complexity index is 1120. The van der Waals surface area contributed by atoms with Crippen molar-refractivity contribution < 1.29 is 23.8 Å². The van der Waals surface area contributed by atoms with Crippen molar-refractivity contribution in [2.45, 2.75) is 18.6 Å². The smallest absolute Gasteiger partial charge is 0.325 e. The molecule has 2 N–H and O–H groups in total. The Labute approximate surface area is 172 Å². The molecule has 0 spiro atoms. The third-order valence-electron chi connectivity index (χ3n) is 5.26. The van der Waals surface area contributed by atoms with Gasteiger partial charge in [-0.1, -0.05) is 48.5 Å². The summed E-state index contributed by atoms with van der Waals surface area (Å²) in [4.78, 5) is 26.5. The number of amides is 3. The number of β-amino-alcohol motifs (C(OH)–C–C–N with tert-alkyl or cyclic N) is 1. The number of urea groups is 1. The molecule has 6 nitrogen and oxygen atoms in total. The fourth-order valence-corrected chi connectivity index (χ4v) is 3.57. The molecule has 3 amide bonds. The Morgan fingerprint density at radius 2 is 1.77 bits per heavy atom. The van der Waals surface area contributed by atoms with Gasteiger partial charge in [0.05, 0.1) is 6.54 Å². The third kappa shape index (κ3) is 3.59. The van der Waals surface area contributed by atoms with Crippen molar-refractivity contribution in [1.82, 2.24) is 10.2 Å². The van der Waals surface area contributed by atoms with Gasteiger partial charge in [-0.25, -0.2) is 9.18 Å². The number of rotatable bonds is 6. The highest BCUT2D eigenvalue weighted by molar-refractivity contribution is 6.07. The normalized spacial score (nSPS) is 19.8. The molecule has 3 aromatic carbocycles. The molecule has 30 heavy (non-hydrogen) atoms. The van der Waals surface area contributed by atoms with E-state index in [1.807, 2.05) is 42.5 Å². The molecule has 2 atom stereocenters. The molecular formula is C23H21FN2O4. The number of imide groups is 1. The predicted octanol–water partition coefficient (Wildman–Crippen LogP) is 3.19. The van der Waals surface area contributed by atoms with E-state index in [0.717, 1.165) is 15.7 Å². The van der Waals surface area contributed by atoms with E-state index in [-0.39, 0.29) is 18.9 Å². The molecule has 1 fully saturated rings. The van der Waals surface area contributed by atoms with Gasteiger partial charge in [-0.05, 0) is 41.5 Å². The summed E-state index contributed by atoms with van der Waals surface area (Å²) in [5.74, 6) is -1.02. The van der Waals surface area contributed by atoms with E-state index in [9.17, 15) is 19.1 Å². The Morgan fingerprint density at radius 3 is 2.53 bits per heavy atom. The predicted molar refractivity (Wildman–Crippen MR) is 109 cm³/mol. The number of nitrogens with one attached hydrogen (secondary N) is 1.